The molecule has 34 heavy (non-hydrogen) atoms. The van der Waals surface area contributed by atoms with Gasteiger partial charge in [0.1, 0.15) is 12.7 Å². The first-order chi connectivity index (χ1) is 16.7. The number of hydrogen-bond acceptors (Lipinski definition) is 8. The fourth-order valence-electron chi connectivity index (χ4n) is 3.75. The lowest BCUT2D eigenvalue weighted by Gasteiger charge is -2.34. The maximum Gasteiger partial charge on any atom is 0.266 e. The molecule has 1 amide bonds. The normalized spacial score (nSPS) is 13.5. The van der Waals surface area contributed by atoms with Gasteiger partial charge in [-0.15, -0.1) is 0 Å². The molecule has 0 saturated carbocycles. The van der Waals surface area contributed by atoms with Gasteiger partial charge in [-0.3, -0.25) is 4.79 Å². The van der Waals surface area contributed by atoms with E-state index in [-0.39, 0.29) is 17.5 Å². The molecule has 0 aliphatic carbocycles. The quantitative estimate of drug-likeness (QED) is 0.433. The lowest BCUT2D eigenvalue weighted by Crippen LogP contribution is -2.48. The van der Waals surface area contributed by atoms with Crippen LogP contribution in [0.4, 0.5) is 5.88 Å². The molecule has 0 radical (unpaired) electrons. The first-order valence-electron chi connectivity index (χ1n) is 10.8. The fourth-order valence-corrected chi connectivity index (χ4v) is 3.75. The Kier molecular flexibility index (Phi) is 5.95. The summed E-state index contributed by atoms with van der Waals surface area (Å²) in [5, 5.41) is 9.48. The van der Waals surface area contributed by atoms with Crippen LogP contribution in [0.5, 0.6) is 5.88 Å². The number of anilines is 1. The van der Waals surface area contributed by atoms with E-state index >= 15 is 0 Å². The van der Waals surface area contributed by atoms with Gasteiger partial charge in [-0.2, -0.15) is 10.2 Å². The Morgan fingerprint density at radius 2 is 1.91 bits per heavy atom. The van der Waals surface area contributed by atoms with E-state index < -0.39 is 0 Å². The summed E-state index contributed by atoms with van der Waals surface area (Å²) in [6.45, 7) is 2.35. The molecular weight excluding hydrogens is 434 g/mol. The van der Waals surface area contributed by atoms with Crippen LogP contribution in [0.1, 0.15) is 21.6 Å². The van der Waals surface area contributed by atoms with Crippen molar-refractivity contribution in [2.75, 3.05) is 31.1 Å². The molecule has 3 aromatic heterocycles. The van der Waals surface area contributed by atoms with Gasteiger partial charge in [0, 0.05) is 44.0 Å². The van der Waals surface area contributed by atoms with Crippen molar-refractivity contribution in [1.82, 2.24) is 14.9 Å². The Bertz CT molecular complexity index is 1300. The van der Waals surface area contributed by atoms with Gasteiger partial charge >= 0.3 is 0 Å². The van der Waals surface area contributed by atoms with Crippen molar-refractivity contribution < 1.29 is 18.4 Å². The Labute approximate surface area is 195 Å². The number of nitriles is 1. The largest absolute Gasteiger partial charge is 0.473 e. The Morgan fingerprint density at radius 3 is 2.65 bits per heavy atom. The fraction of sp³-hybridized carbons (Fsp3) is 0.200. The highest BCUT2D eigenvalue weighted by molar-refractivity contribution is 5.94. The van der Waals surface area contributed by atoms with Crippen LogP contribution < -0.4 is 9.64 Å². The topological polar surface area (TPSA) is 109 Å². The van der Waals surface area contributed by atoms with Crippen molar-refractivity contribution in [3.8, 4) is 23.6 Å². The molecule has 1 saturated heterocycles. The van der Waals surface area contributed by atoms with E-state index in [0.717, 1.165) is 5.56 Å². The van der Waals surface area contributed by atoms with E-state index in [1.165, 1.54) is 6.26 Å². The molecule has 1 aromatic carbocycles. The zero-order chi connectivity index (χ0) is 23.3. The van der Waals surface area contributed by atoms with Crippen LogP contribution in [0.25, 0.3) is 11.7 Å². The number of hydrogen-bond donors (Lipinski definition) is 0. The number of furan rings is 1. The highest BCUT2D eigenvalue weighted by atomic mass is 16.5. The summed E-state index contributed by atoms with van der Waals surface area (Å²) in [6.07, 6.45) is 3.10. The van der Waals surface area contributed by atoms with Gasteiger partial charge in [0.05, 0.1) is 6.26 Å². The third kappa shape index (κ3) is 4.47. The van der Waals surface area contributed by atoms with Gasteiger partial charge in [-0.25, -0.2) is 4.98 Å². The molecule has 0 unspecified atom stereocenters. The van der Waals surface area contributed by atoms with Gasteiger partial charge < -0.3 is 23.4 Å². The summed E-state index contributed by atoms with van der Waals surface area (Å²) < 4.78 is 16.9. The second-order valence-electron chi connectivity index (χ2n) is 7.70. The number of amides is 1. The highest BCUT2D eigenvalue weighted by Gasteiger charge is 2.27. The smallest absolute Gasteiger partial charge is 0.266 e. The Hall–Kier alpha value is -4.58. The van der Waals surface area contributed by atoms with E-state index in [4.69, 9.17) is 13.6 Å². The average Bonchev–Trinajstić information content (AvgIpc) is 3.58. The molecule has 1 aliphatic rings. The second-order valence-corrected chi connectivity index (χ2v) is 7.70. The van der Waals surface area contributed by atoms with Crippen molar-refractivity contribution >= 4 is 11.8 Å². The third-order valence-electron chi connectivity index (χ3n) is 5.51. The number of nitrogens with zero attached hydrogens (tertiary/aromatic N) is 5. The van der Waals surface area contributed by atoms with Crippen molar-refractivity contribution in [3.05, 3.63) is 83.9 Å². The predicted octanol–water partition coefficient (Wildman–Crippen LogP) is 3.74. The maximum atomic E-state index is 13.1. The Morgan fingerprint density at radius 1 is 1.09 bits per heavy atom. The summed E-state index contributed by atoms with van der Waals surface area (Å²) >= 11 is 0. The maximum absolute atomic E-state index is 13.1. The molecule has 1 aliphatic heterocycles. The predicted molar refractivity (Wildman–Crippen MR) is 122 cm³/mol. The van der Waals surface area contributed by atoms with E-state index in [1.807, 2.05) is 35.2 Å². The van der Waals surface area contributed by atoms with E-state index in [1.54, 1.807) is 35.4 Å². The lowest BCUT2D eigenvalue weighted by molar-refractivity contribution is 0.0744. The monoisotopic (exact) mass is 455 g/mol. The summed E-state index contributed by atoms with van der Waals surface area (Å²) in [5.74, 6) is 1.41. The number of oxazole rings is 1. The van der Waals surface area contributed by atoms with Crippen molar-refractivity contribution in [3.63, 3.8) is 0 Å². The minimum absolute atomic E-state index is 0.0963. The highest BCUT2D eigenvalue weighted by Crippen LogP contribution is 2.29. The molecule has 9 heteroatoms. The summed E-state index contributed by atoms with van der Waals surface area (Å²) in [4.78, 5) is 25.2. The minimum atomic E-state index is -0.0963. The SMILES string of the molecule is N#Cc1nc(-c2ccco2)oc1N1CCN(C(=O)c2ccnc(OCc3ccccc3)c2)CC1. The molecule has 9 nitrogen and oxygen atoms in total. The molecule has 170 valence electrons. The van der Waals surface area contributed by atoms with Crippen LogP contribution in [0.3, 0.4) is 0 Å². The molecule has 4 aromatic rings. The summed E-state index contributed by atoms with van der Waals surface area (Å²) in [7, 11) is 0. The molecule has 0 N–H and O–H groups in total. The van der Waals surface area contributed by atoms with Crippen molar-refractivity contribution in [1.29, 1.82) is 5.26 Å². The standard InChI is InChI=1S/C25H21N5O4/c26-16-20-25(34-23(28-20)21-7-4-14-32-21)30-12-10-29(11-13-30)24(31)19-8-9-27-22(15-19)33-17-18-5-2-1-3-6-18/h1-9,14-15H,10-13,17H2. The van der Waals surface area contributed by atoms with Crippen molar-refractivity contribution in [2.45, 2.75) is 6.61 Å². The van der Waals surface area contributed by atoms with Crippen LogP contribution in [-0.2, 0) is 6.61 Å². The lowest BCUT2D eigenvalue weighted by atomic mass is 10.2. The van der Waals surface area contributed by atoms with Gasteiger partial charge in [0.2, 0.25) is 17.5 Å². The van der Waals surface area contributed by atoms with Crippen molar-refractivity contribution in [2.24, 2.45) is 0 Å². The van der Waals surface area contributed by atoms with Gasteiger partial charge in [0.15, 0.2) is 5.76 Å². The summed E-state index contributed by atoms with van der Waals surface area (Å²) in [5.41, 5.74) is 1.74. The molecule has 5 rings (SSSR count). The number of benzene rings is 1. The number of piperazine rings is 1. The van der Waals surface area contributed by atoms with Crippen LogP contribution >= 0.6 is 0 Å². The number of rotatable bonds is 6. The van der Waals surface area contributed by atoms with E-state index in [2.05, 4.69) is 16.0 Å². The van der Waals surface area contributed by atoms with Gasteiger partial charge in [0.25, 0.3) is 11.8 Å². The molecule has 0 atom stereocenters. The van der Waals surface area contributed by atoms with Gasteiger partial charge in [-0.05, 0) is 23.8 Å². The third-order valence-corrected chi connectivity index (χ3v) is 5.51. The van der Waals surface area contributed by atoms with Gasteiger partial charge in [-0.1, -0.05) is 30.3 Å². The number of carbonyl (C=O) groups excluding carboxylic acids is 1. The van der Waals surface area contributed by atoms with E-state index in [0.29, 0.717) is 55.9 Å². The van der Waals surface area contributed by atoms with E-state index in [9.17, 15) is 10.1 Å². The number of carbonyl (C=O) groups is 1. The number of ether oxygens (including phenoxy) is 1. The molecule has 0 bridgehead atoms. The molecule has 1 fully saturated rings. The summed E-state index contributed by atoms with van der Waals surface area (Å²) in [6, 6.07) is 18.7. The van der Waals surface area contributed by atoms with Crippen LogP contribution in [0.2, 0.25) is 0 Å². The first-order valence-corrected chi connectivity index (χ1v) is 10.8. The first kappa shape index (κ1) is 21.3. The molecule has 4 heterocycles. The Balaban J connectivity index is 1.22. The van der Waals surface area contributed by atoms with Crippen LogP contribution in [0.15, 0.2) is 75.9 Å². The average molecular weight is 455 g/mol. The number of pyridine rings is 1. The van der Waals surface area contributed by atoms with Crippen LogP contribution in [0, 0.1) is 11.3 Å². The molecule has 0 spiro atoms. The van der Waals surface area contributed by atoms with Crippen LogP contribution in [-0.4, -0.2) is 47.0 Å². The zero-order valence-corrected chi connectivity index (χ0v) is 18.3. The molecular formula is C25H21N5O4. The second kappa shape index (κ2) is 9.50. The zero-order valence-electron chi connectivity index (χ0n) is 18.3. The minimum Gasteiger partial charge on any atom is -0.473 e. The number of aromatic nitrogens is 2.